The number of aromatic nitrogens is 1. The largest absolute Gasteiger partial charge is 0.370 e. The number of pyridine rings is 1. The van der Waals surface area contributed by atoms with Gasteiger partial charge in [0.15, 0.2) is 0 Å². The lowest BCUT2D eigenvalue weighted by atomic mass is 10.0. The molecule has 4 heteroatoms. The number of aryl methyl sites for hydroxylation is 1. The molecule has 1 heterocycles. The van der Waals surface area contributed by atoms with Gasteiger partial charge in [-0.3, -0.25) is 4.79 Å². The van der Waals surface area contributed by atoms with E-state index in [9.17, 15) is 4.79 Å². The lowest BCUT2D eigenvalue weighted by Gasteiger charge is -2.32. The van der Waals surface area contributed by atoms with Crippen LogP contribution in [0.3, 0.4) is 0 Å². The fourth-order valence-corrected chi connectivity index (χ4v) is 3.23. The summed E-state index contributed by atoms with van der Waals surface area (Å²) in [5.74, 6) is 0. The predicted octanol–water partition coefficient (Wildman–Crippen LogP) is 3.74. The Labute approximate surface area is 145 Å². The van der Waals surface area contributed by atoms with Gasteiger partial charge in [0, 0.05) is 39.4 Å². The molecule has 1 aromatic carbocycles. The zero-order valence-electron chi connectivity index (χ0n) is 15.5. The molecule has 0 radical (unpaired) electrons. The minimum atomic E-state index is 0.0546. The third-order valence-electron chi connectivity index (χ3n) is 4.58. The normalized spacial score (nSPS) is 10.7. The van der Waals surface area contributed by atoms with E-state index in [2.05, 4.69) is 37.5 Å². The Morgan fingerprint density at radius 1 is 0.875 bits per heavy atom. The maximum absolute atomic E-state index is 13.0. The van der Waals surface area contributed by atoms with Crippen molar-refractivity contribution in [1.82, 2.24) is 4.57 Å². The van der Waals surface area contributed by atoms with Crippen LogP contribution in [0.4, 0.5) is 11.4 Å². The van der Waals surface area contributed by atoms with Gasteiger partial charge < -0.3 is 14.4 Å². The molecule has 0 aliphatic rings. The third-order valence-corrected chi connectivity index (χ3v) is 4.58. The zero-order valence-corrected chi connectivity index (χ0v) is 15.5. The SMILES string of the molecule is CCN(CC)c1cn(C)c(=O)c(-c2ccccc2)c1N(CC)CC. The molecule has 0 unspecified atom stereocenters. The molecule has 0 atom stereocenters. The molecule has 0 N–H and O–H groups in total. The van der Waals surface area contributed by atoms with Crippen molar-refractivity contribution in [1.29, 1.82) is 0 Å². The van der Waals surface area contributed by atoms with Gasteiger partial charge in [0.2, 0.25) is 0 Å². The van der Waals surface area contributed by atoms with Gasteiger partial charge in [0.1, 0.15) is 0 Å². The topological polar surface area (TPSA) is 28.5 Å². The number of hydrogen-bond donors (Lipinski definition) is 0. The Bertz CT molecular complexity index is 714. The molecular formula is C20H29N3O. The van der Waals surface area contributed by atoms with Gasteiger partial charge in [0.05, 0.1) is 16.9 Å². The molecule has 0 spiro atoms. The number of rotatable bonds is 7. The van der Waals surface area contributed by atoms with Crippen LogP contribution in [0.1, 0.15) is 27.7 Å². The molecule has 0 fully saturated rings. The van der Waals surface area contributed by atoms with E-state index in [0.717, 1.165) is 48.7 Å². The summed E-state index contributed by atoms with van der Waals surface area (Å²) in [7, 11) is 1.84. The summed E-state index contributed by atoms with van der Waals surface area (Å²) in [6.45, 7) is 12.2. The molecule has 0 saturated carbocycles. The highest BCUT2D eigenvalue weighted by atomic mass is 16.1. The first-order chi connectivity index (χ1) is 11.6. The van der Waals surface area contributed by atoms with Crippen molar-refractivity contribution in [3.05, 3.63) is 46.9 Å². The first-order valence-electron chi connectivity index (χ1n) is 8.87. The van der Waals surface area contributed by atoms with Crippen molar-refractivity contribution < 1.29 is 0 Å². The highest BCUT2D eigenvalue weighted by Crippen LogP contribution is 2.36. The summed E-state index contributed by atoms with van der Waals surface area (Å²) in [6.07, 6.45) is 1.98. The van der Waals surface area contributed by atoms with Crippen LogP contribution in [0.15, 0.2) is 41.3 Å². The van der Waals surface area contributed by atoms with Gasteiger partial charge in [-0.05, 0) is 33.3 Å². The Hall–Kier alpha value is -2.23. The summed E-state index contributed by atoms with van der Waals surface area (Å²) >= 11 is 0. The van der Waals surface area contributed by atoms with Crippen molar-refractivity contribution in [3.8, 4) is 11.1 Å². The van der Waals surface area contributed by atoms with Crippen LogP contribution in [-0.4, -0.2) is 30.7 Å². The van der Waals surface area contributed by atoms with Crippen LogP contribution in [0.25, 0.3) is 11.1 Å². The quantitative estimate of drug-likeness (QED) is 0.775. The average molecular weight is 327 g/mol. The maximum atomic E-state index is 13.0. The van der Waals surface area contributed by atoms with Crippen LogP contribution < -0.4 is 15.4 Å². The van der Waals surface area contributed by atoms with Crippen molar-refractivity contribution in [2.75, 3.05) is 36.0 Å². The van der Waals surface area contributed by atoms with Crippen molar-refractivity contribution in [3.63, 3.8) is 0 Å². The van der Waals surface area contributed by atoms with Gasteiger partial charge in [-0.25, -0.2) is 0 Å². The molecule has 4 nitrogen and oxygen atoms in total. The first kappa shape index (κ1) is 18.1. The molecule has 1 aromatic heterocycles. The average Bonchev–Trinajstić information content (AvgIpc) is 2.61. The van der Waals surface area contributed by atoms with E-state index in [4.69, 9.17) is 0 Å². The van der Waals surface area contributed by atoms with Gasteiger partial charge >= 0.3 is 0 Å². The molecule has 2 rings (SSSR count). The van der Waals surface area contributed by atoms with Crippen LogP contribution >= 0.6 is 0 Å². The second-order valence-corrected chi connectivity index (χ2v) is 5.86. The summed E-state index contributed by atoms with van der Waals surface area (Å²) in [5, 5.41) is 0. The Morgan fingerprint density at radius 3 is 1.92 bits per heavy atom. The summed E-state index contributed by atoms with van der Waals surface area (Å²) in [5.41, 5.74) is 4.02. The fourth-order valence-electron chi connectivity index (χ4n) is 3.23. The smallest absolute Gasteiger partial charge is 0.260 e. The standard InChI is InChI=1S/C20H29N3O/c1-6-22(7-2)17-15-21(5)20(24)18(16-13-11-10-12-14-16)19(17)23(8-3)9-4/h10-15H,6-9H2,1-5H3. The monoisotopic (exact) mass is 327 g/mol. The molecule has 0 aliphatic heterocycles. The van der Waals surface area contributed by atoms with Crippen molar-refractivity contribution in [2.45, 2.75) is 27.7 Å². The highest BCUT2D eigenvalue weighted by molar-refractivity contribution is 5.87. The predicted molar refractivity (Wildman–Crippen MR) is 104 cm³/mol. The number of anilines is 2. The number of benzene rings is 1. The molecule has 2 aromatic rings. The first-order valence-corrected chi connectivity index (χ1v) is 8.87. The van der Waals surface area contributed by atoms with Crippen LogP contribution in [0.2, 0.25) is 0 Å². The second-order valence-electron chi connectivity index (χ2n) is 5.86. The van der Waals surface area contributed by atoms with E-state index in [0.29, 0.717) is 0 Å². The van der Waals surface area contributed by atoms with E-state index in [1.165, 1.54) is 0 Å². The van der Waals surface area contributed by atoms with E-state index in [-0.39, 0.29) is 5.56 Å². The molecule has 0 saturated heterocycles. The summed E-state index contributed by atoms with van der Waals surface area (Å²) < 4.78 is 1.71. The minimum absolute atomic E-state index is 0.0546. The number of nitrogens with zero attached hydrogens (tertiary/aromatic N) is 3. The Kier molecular flexibility index (Phi) is 6.07. The van der Waals surface area contributed by atoms with E-state index >= 15 is 0 Å². The maximum Gasteiger partial charge on any atom is 0.260 e. The molecule has 130 valence electrons. The second kappa shape index (κ2) is 8.04. The van der Waals surface area contributed by atoms with E-state index in [1.807, 2.05) is 43.6 Å². The molecule has 0 amide bonds. The lowest BCUT2D eigenvalue weighted by Crippen LogP contribution is -2.33. The minimum Gasteiger partial charge on any atom is -0.370 e. The number of hydrogen-bond acceptors (Lipinski definition) is 3. The van der Waals surface area contributed by atoms with Crippen LogP contribution in [0, 0.1) is 0 Å². The van der Waals surface area contributed by atoms with Crippen molar-refractivity contribution in [2.24, 2.45) is 7.05 Å². The Balaban J connectivity index is 2.87. The van der Waals surface area contributed by atoms with Gasteiger partial charge in [-0.15, -0.1) is 0 Å². The molecule has 0 aliphatic carbocycles. The zero-order chi connectivity index (χ0) is 17.7. The fraction of sp³-hybridized carbons (Fsp3) is 0.450. The Morgan fingerprint density at radius 2 is 1.42 bits per heavy atom. The third kappa shape index (κ3) is 3.32. The molecule has 0 bridgehead atoms. The molecule has 24 heavy (non-hydrogen) atoms. The van der Waals surface area contributed by atoms with Crippen LogP contribution in [-0.2, 0) is 7.05 Å². The van der Waals surface area contributed by atoms with E-state index < -0.39 is 0 Å². The summed E-state index contributed by atoms with van der Waals surface area (Å²) in [4.78, 5) is 17.6. The summed E-state index contributed by atoms with van der Waals surface area (Å²) in [6, 6.07) is 10.0. The highest BCUT2D eigenvalue weighted by Gasteiger charge is 2.22. The molecular weight excluding hydrogens is 298 g/mol. The van der Waals surface area contributed by atoms with Gasteiger partial charge in [0.25, 0.3) is 5.56 Å². The van der Waals surface area contributed by atoms with Gasteiger partial charge in [-0.1, -0.05) is 30.3 Å². The van der Waals surface area contributed by atoms with E-state index in [1.54, 1.807) is 4.57 Å². The lowest BCUT2D eigenvalue weighted by molar-refractivity contribution is 0.798. The van der Waals surface area contributed by atoms with Crippen molar-refractivity contribution >= 4 is 11.4 Å². The van der Waals surface area contributed by atoms with Gasteiger partial charge in [-0.2, -0.15) is 0 Å². The van der Waals surface area contributed by atoms with Crippen LogP contribution in [0.5, 0.6) is 0 Å².